The van der Waals surface area contributed by atoms with Gasteiger partial charge < -0.3 is 10.2 Å². The van der Waals surface area contributed by atoms with Gasteiger partial charge in [-0.2, -0.15) is 0 Å². The number of rotatable bonds is 5. The molecule has 0 aromatic carbocycles. The molecule has 1 unspecified atom stereocenters. The van der Waals surface area contributed by atoms with Crippen LogP contribution in [-0.2, 0) is 0 Å². The minimum absolute atomic E-state index is 0.196. The predicted octanol–water partition coefficient (Wildman–Crippen LogP) is -0.648. The fraction of sp³-hybridized carbons (Fsp3) is 0.750. The van der Waals surface area contributed by atoms with E-state index in [1.165, 1.54) is 11.8 Å². The van der Waals surface area contributed by atoms with Crippen LogP contribution in [0, 0.1) is 0 Å². The molecule has 3 N–H and O–H groups in total. The fourth-order valence-electron chi connectivity index (χ4n) is 1.27. The molecule has 1 aromatic heterocycles. The van der Waals surface area contributed by atoms with Crippen molar-refractivity contribution in [2.75, 3.05) is 12.4 Å². The van der Waals surface area contributed by atoms with E-state index in [4.69, 9.17) is 5.11 Å². The average molecular weight is 231 g/mol. The van der Waals surface area contributed by atoms with Gasteiger partial charge in [0.25, 0.3) is 0 Å². The smallest absolute Gasteiger partial charge is 0.344 e. The lowest BCUT2D eigenvalue weighted by molar-refractivity contribution is 0.113. The third kappa shape index (κ3) is 2.42. The molecule has 0 saturated heterocycles. The Morgan fingerprint density at radius 1 is 1.67 bits per heavy atom. The highest BCUT2D eigenvalue weighted by molar-refractivity contribution is 7.99. The largest absolute Gasteiger partial charge is 0.394 e. The number of thioether (sulfide) groups is 1. The summed E-state index contributed by atoms with van der Waals surface area (Å²) in [5.74, 6) is 0.341. The Balaban J connectivity index is 2.04. The van der Waals surface area contributed by atoms with Crippen LogP contribution in [0.4, 0.5) is 0 Å². The second-order valence-corrected chi connectivity index (χ2v) is 4.55. The van der Waals surface area contributed by atoms with E-state index in [0.717, 1.165) is 12.8 Å². The molecule has 0 radical (unpaired) electrons. The summed E-state index contributed by atoms with van der Waals surface area (Å²) in [5.41, 5.74) is -0.196. The maximum atomic E-state index is 11.4. The van der Waals surface area contributed by atoms with E-state index in [0.29, 0.717) is 10.9 Å². The number of aromatic nitrogens is 3. The Labute approximate surface area is 90.3 Å². The number of nitrogens with zero attached hydrogens (tertiary/aromatic N) is 2. The van der Waals surface area contributed by atoms with E-state index in [-0.39, 0.29) is 18.3 Å². The van der Waals surface area contributed by atoms with Gasteiger partial charge in [-0.3, -0.25) is 4.57 Å². The van der Waals surface area contributed by atoms with Gasteiger partial charge in [-0.05, 0) is 12.8 Å². The molecule has 1 heterocycles. The number of hydrogen-bond acceptors (Lipinski definition) is 5. The van der Waals surface area contributed by atoms with Crippen LogP contribution in [0.3, 0.4) is 0 Å². The standard InChI is InChI=1S/C8H13N3O3S/c12-3-6(13)4-15-8-10-9-7(14)11(8)5-1-2-5/h5-6,12-13H,1-4H2,(H,9,14). The summed E-state index contributed by atoms with van der Waals surface area (Å²) in [6.07, 6.45) is 1.25. The normalized spacial score (nSPS) is 18.0. The first kappa shape index (κ1) is 10.7. The molecule has 1 fully saturated rings. The lowest BCUT2D eigenvalue weighted by Crippen LogP contribution is -2.18. The van der Waals surface area contributed by atoms with Gasteiger partial charge in [-0.1, -0.05) is 11.8 Å². The van der Waals surface area contributed by atoms with Crippen LogP contribution in [0.15, 0.2) is 9.95 Å². The van der Waals surface area contributed by atoms with Crippen LogP contribution < -0.4 is 5.69 Å². The Morgan fingerprint density at radius 3 is 3.00 bits per heavy atom. The van der Waals surface area contributed by atoms with Crippen molar-refractivity contribution in [2.24, 2.45) is 0 Å². The molecule has 0 spiro atoms. The highest BCUT2D eigenvalue weighted by Crippen LogP contribution is 2.35. The minimum atomic E-state index is -0.769. The molecule has 0 amide bonds. The van der Waals surface area contributed by atoms with E-state index in [1.807, 2.05) is 0 Å². The van der Waals surface area contributed by atoms with Crippen LogP contribution >= 0.6 is 11.8 Å². The summed E-state index contributed by atoms with van der Waals surface area (Å²) < 4.78 is 1.62. The Morgan fingerprint density at radius 2 is 2.40 bits per heavy atom. The second-order valence-electron chi connectivity index (χ2n) is 3.56. The highest BCUT2D eigenvalue weighted by Gasteiger charge is 2.28. The average Bonchev–Trinajstić information content (AvgIpc) is 3.00. The van der Waals surface area contributed by atoms with Crippen LogP contribution in [0.2, 0.25) is 0 Å². The van der Waals surface area contributed by atoms with Gasteiger partial charge in [-0.25, -0.2) is 9.89 Å². The van der Waals surface area contributed by atoms with Crippen molar-refractivity contribution in [1.82, 2.24) is 14.8 Å². The molecule has 0 aliphatic heterocycles. The van der Waals surface area contributed by atoms with Gasteiger partial charge in [0.15, 0.2) is 5.16 Å². The molecule has 15 heavy (non-hydrogen) atoms. The summed E-state index contributed by atoms with van der Waals surface area (Å²) in [7, 11) is 0. The first-order valence-corrected chi connectivity index (χ1v) is 5.79. The van der Waals surface area contributed by atoms with Gasteiger partial charge in [0, 0.05) is 11.8 Å². The highest BCUT2D eigenvalue weighted by atomic mass is 32.2. The molecule has 7 heteroatoms. The third-order valence-electron chi connectivity index (χ3n) is 2.20. The van der Waals surface area contributed by atoms with Gasteiger partial charge in [0.2, 0.25) is 0 Å². The number of aliphatic hydroxyl groups is 2. The second kappa shape index (κ2) is 4.38. The van der Waals surface area contributed by atoms with Crippen molar-refractivity contribution in [3.8, 4) is 0 Å². The van der Waals surface area contributed by atoms with Crippen LogP contribution in [0.1, 0.15) is 18.9 Å². The summed E-state index contributed by atoms with van der Waals surface area (Å²) >= 11 is 1.28. The van der Waals surface area contributed by atoms with Gasteiger partial charge in [0.1, 0.15) is 0 Å². The Bertz CT molecular complexity index is 385. The van der Waals surface area contributed by atoms with Crippen LogP contribution in [-0.4, -0.2) is 43.4 Å². The number of H-pyrrole nitrogens is 1. The number of hydrogen-bond donors (Lipinski definition) is 3. The quantitative estimate of drug-likeness (QED) is 0.586. The van der Waals surface area contributed by atoms with E-state index >= 15 is 0 Å². The molecule has 1 atom stereocenters. The monoisotopic (exact) mass is 231 g/mol. The summed E-state index contributed by atoms with van der Waals surface area (Å²) in [5, 5.41) is 24.7. The molecule has 1 aromatic rings. The van der Waals surface area contributed by atoms with E-state index < -0.39 is 6.10 Å². The van der Waals surface area contributed by atoms with E-state index in [2.05, 4.69) is 10.2 Å². The molecule has 6 nitrogen and oxygen atoms in total. The maximum Gasteiger partial charge on any atom is 0.344 e. The van der Waals surface area contributed by atoms with Crippen molar-refractivity contribution in [3.63, 3.8) is 0 Å². The van der Waals surface area contributed by atoms with Gasteiger partial charge >= 0.3 is 5.69 Å². The summed E-state index contributed by atoms with van der Waals surface area (Å²) in [6.45, 7) is -0.273. The first-order chi connectivity index (χ1) is 7.22. The van der Waals surface area contributed by atoms with Gasteiger partial charge in [-0.15, -0.1) is 5.10 Å². The molecule has 2 rings (SSSR count). The van der Waals surface area contributed by atoms with Crippen molar-refractivity contribution in [3.05, 3.63) is 10.5 Å². The SMILES string of the molecule is O=c1[nH]nc(SCC(O)CO)n1C1CC1. The number of nitrogens with one attached hydrogen (secondary N) is 1. The zero-order valence-electron chi connectivity index (χ0n) is 8.09. The molecule has 84 valence electrons. The fourth-order valence-corrected chi connectivity index (χ4v) is 2.20. The van der Waals surface area contributed by atoms with Crippen molar-refractivity contribution < 1.29 is 10.2 Å². The minimum Gasteiger partial charge on any atom is -0.394 e. The number of aromatic amines is 1. The van der Waals surface area contributed by atoms with Crippen molar-refractivity contribution in [1.29, 1.82) is 0 Å². The topological polar surface area (TPSA) is 91.1 Å². The molecular weight excluding hydrogens is 218 g/mol. The lowest BCUT2D eigenvalue weighted by atomic mass is 10.4. The first-order valence-electron chi connectivity index (χ1n) is 4.81. The molecule has 0 bridgehead atoms. The zero-order valence-corrected chi connectivity index (χ0v) is 8.90. The van der Waals surface area contributed by atoms with E-state index in [9.17, 15) is 9.90 Å². The molecular formula is C8H13N3O3S. The van der Waals surface area contributed by atoms with Crippen LogP contribution in [0.25, 0.3) is 0 Å². The van der Waals surface area contributed by atoms with Crippen molar-refractivity contribution in [2.45, 2.75) is 30.1 Å². The lowest BCUT2D eigenvalue weighted by Gasteiger charge is -2.06. The zero-order chi connectivity index (χ0) is 10.8. The number of aliphatic hydroxyl groups excluding tert-OH is 2. The maximum absolute atomic E-state index is 11.4. The molecule has 1 aliphatic carbocycles. The molecule has 1 aliphatic rings. The summed E-state index contributed by atoms with van der Waals surface area (Å²) in [6, 6.07) is 0.269. The predicted molar refractivity (Wildman–Crippen MR) is 54.9 cm³/mol. The van der Waals surface area contributed by atoms with Crippen molar-refractivity contribution >= 4 is 11.8 Å². The third-order valence-corrected chi connectivity index (χ3v) is 3.30. The summed E-state index contributed by atoms with van der Waals surface area (Å²) in [4.78, 5) is 11.4. The van der Waals surface area contributed by atoms with Crippen LogP contribution in [0.5, 0.6) is 0 Å². The molecule has 1 saturated carbocycles. The van der Waals surface area contributed by atoms with Gasteiger partial charge in [0.05, 0.1) is 12.7 Å². The Kier molecular flexibility index (Phi) is 3.13. The Hall–Kier alpha value is -0.790. The van der Waals surface area contributed by atoms with E-state index in [1.54, 1.807) is 4.57 Å².